The molecule has 6 rings (SSSR count). The Bertz CT molecular complexity index is 1560. The number of benzene rings is 2. The quantitative estimate of drug-likeness (QED) is 0.258. The zero-order chi connectivity index (χ0) is 24.8. The maximum absolute atomic E-state index is 6.74. The van der Waals surface area contributed by atoms with Crippen LogP contribution in [0.25, 0.3) is 33.1 Å². The van der Waals surface area contributed by atoms with Gasteiger partial charge >= 0.3 is 0 Å². The molecule has 0 unspecified atom stereocenters. The number of hydrogen-bond donors (Lipinski definition) is 3. The molecule has 182 valence electrons. The summed E-state index contributed by atoms with van der Waals surface area (Å²) >= 11 is 6.74. The molecule has 1 saturated carbocycles. The maximum Gasteiger partial charge on any atom is 0.143 e. The van der Waals surface area contributed by atoms with Crippen molar-refractivity contribution in [3.05, 3.63) is 71.6 Å². The Balaban J connectivity index is 1.33. The van der Waals surface area contributed by atoms with E-state index in [4.69, 9.17) is 32.3 Å². The van der Waals surface area contributed by atoms with Gasteiger partial charge in [-0.25, -0.2) is 15.0 Å². The Morgan fingerprint density at radius 2 is 1.83 bits per heavy atom. The van der Waals surface area contributed by atoms with E-state index in [1.54, 1.807) is 0 Å². The molecule has 1 aliphatic carbocycles. The highest BCUT2D eigenvalue weighted by molar-refractivity contribution is 6.34. The second-order valence-corrected chi connectivity index (χ2v) is 10.3. The van der Waals surface area contributed by atoms with Crippen molar-refractivity contribution in [2.45, 2.75) is 18.8 Å². The number of rotatable bonds is 6. The Hall–Kier alpha value is -3.68. The minimum Gasteiger partial charge on any atom is -0.383 e. The zero-order valence-corrected chi connectivity index (χ0v) is 21.0. The van der Waals surface area contributed by atoms with Crippen LogP contribution in [0.1, 0.15) is 24.6 Å². The van der Waals surface area contributed by atoms with Crippen molar-refractivity contribution < 1.29 is 0 Å². The lowest BCUT2D eigenvalue weighted by atomic mass is 9.74. The third-order valence-corrected chi connectivity index (χ3v) is 7.23. The molecule has 0 radical (unpaired) electrons. The lowest BCUT2D eigenvalue weighted by Crippen LogP contribution is -2.32. The van der Waals surface area contributed by atoms with Crippen molar-refractivity contribution in [3.63, 3.8) is 0 Å². The van der Waals surface area contributed by atoms with E-state index in [9.17, 15) is 0 Å². The number of aromatic nitrogens is 4. The number of nitrogens with zero attached hydrogens (tertiary/aromatic N) is 4. The van der Waals surface area contributed by atoms with Crippen molar-refractivity contribution >= 4 is 50.9 Å². The molecule has 3 heterocycles. The number of H-pyrrole nitrogens is 1. The van der Waals surface area contributed by atoms with Gasteiger partial charge in [0.1, 0.15) is 23.1 Å². The Morgan fingerprint density at radius 3 is 2.61 bits per heavy atom. The number of nitrogens with one attached hydrogen (secondary N) is 2. The van der Waals surface area contributed by atoms with Gasteiger partial charge in [0.25, 0.3) is 0 Å². The lowest BCUT2D eigenvalue weighted by molar-refractivity contribution is 0.195. The third-order valence-electron chi connectivity index (χ3n) is 6.92. The van der Waals surface area contributed by atoms with Gasteiger partial charge in [0, 0.05) is 45.9 Å². The molecule has 1 fully saturated rings. The SMILES string of the molecule is CN(C)CC1CC(c2nc(N)c3c(-c4cc5nc(Nc6ccccc6)ccc5cc4Cl)c[nH]c3n2)C1. The van der Waals surface area contributed by atoms with Gasteiger partial charge in [-0.2, -0.15) is 0 Å². The second kappa shape index (κ2) is 9.08. The highest BCUT2D eigenvalue weighted by Crippen LogP contribution is 2.43. The van der Waals surface area contributed by atoms with Crippen LogP contribution in [0.4, 0.5) is 17.3 Å². The largest absolute Gasteiger partial charge is 0.383 e. The van der Waals surface area contributed by atoms with Gasteiger partial charge in [0.2, 0.25) is 0 Å². The van der Waals surface area contributed by atoms with Gasteiger partial charge in [-0.3, -0.25) is 0 Å². The first kappa shape index (κ1) is 22.8. The van der Waals surface area contributed by atoms with E-state index in [0.29, 0.717) is 22.7 Å². The average Bonchev–Trinajstić information content (AvgIpc) is 3.26. The van der Waals surface area contributed by atoms with E-state index in [2.05, 4.69) is 29.3 Å². The van der Waals surface area contributed by atoms with E-state index >= 15 is 0 Å². The summed E-state index contributed by atoms with van der Waals surface area (Å²) in [6, 6.07) is 17.9. The van der Waals surface area contributed by atoms with E-state index in [0.717, 1.165) is 69.8 Å². The topological polar surface area (TPSA) is 95.8 Å². The molecule has 2 aromatic carbocycles. The third kappa shape index (κ3) is 4.25. The van der Waals surface area contributed by atoms with Crippen LogP contribution in [0.15, 0.2) is 60.8 Å². The van der Waals surface area contributed by atoms with Crippen LogP contribution >= 0.6 is 11.6 Å². The summed E-state index contributed by atoms with van der Waals surface area (Å²) in [6.45, 7) is 1.10. The predicted molar refractivity (Wildman–Crippen MR) is 148 cm³/mol. The number of halogens is 1. The standard InChI is InChI=1S/C28H28ClN7/c1-36(2)15-16-10-18(11-16)27-34-26(30)25-21(14-31-28(25)35-27)20-13-23-17(12-22(20)29)8-9-24(33-23)32-19-6-4-3-5-7-19/h3-9,12-14,16,18H,10-11,15H2,1-2H3,(H,32,33)(H3,30,31,34,35). The number of nitrogens with two attached hydrogens (primary N) is 1. The summed E-state index contributed by atoms with van der Waals surface area (Å²) in [5.74, 6) is 3.12. The molecule has 0 amide bonds. The molecule has 0 aliphatic heterocycles. The fourth-order valence-electron chi connectivity index (χ4n) is 5.17. The summed E-state index contributed by atoms with van der Waals surface area (Å²) < 4.78 is 0. The summed E-state index contributed by atoms with van der Waals surface area (Å²) in [7, 11) is 4.23. The molecule has 5 aromatic rings. The molecule has 8 heteroatoms. The first-order chi connectivity index (χ1) is 17.4. The summed E-state index contributed by atoms with van der Waals surface area (Å²) in [6.07, 6.45) is 4.10. The molecule has 1 aliphatic rings. The minimum absolute atomic E-state index is 0.359. The van der Waals surface area contributed by atoms with Crippen LogP contribution in [-0.4, -0.2) is 45.5 Å². The average molecular weight is 498 g/mol. The molecule has 0 saturated heterocycles. The van der Waals surface area contributed by atoms with Crippen molar-refractivity contribution in [3.8, 4) is 11.1 Å². The van der Waals surface area contributed by atoms with Crippen LogP contribution in [0, 0.1) is 5.92 Å². The predicted octanol–water partition coefficient (Wildman–Crippen LogP) is 6.21. The Labute approximate surface area is 214 Å². The molecule has 0 spiro atoms. The monoisotopic (exact) mass is 497 g/mol. The summed E-state index contributed by atoms with van der Waals surface area (Å²) in [5.41, 5.74) is 10.8. The highest BCUT2D eigenvalue weighted by Gasteiger charge is 2.33. The van der Waals surface area contributed by atoms with E-state index in [-0.39, 0.29) is 0 Å². The van der Waals surface area contributed by atoms with Gasteiger partial charge in [0.05, 0.1) is 10.9 Å². The molecule has 0 bridgehead atoms. The Kier molecular flexibility index (Phi) is 5.74. The number of aromatic amines is 1. The number of para-hydroxylation sites is 1. The van der Waals surface area contributed by atoms with Crippen LogP contribution in [0.3, 0.4) is 0 Å². The van der Waals surface area contributed by atoms with Crippen LogP contribution in [-0.2, 0) is 0 Å². The maximum atomic E-state index is 6.74. The second-order valence-electron chi connectivity index (χ2n) is 9.90. The lowest BCUT2D eigenvalue weighted by Gasteiger charge is -2.35. The molecule has 3 aromatic heterocycles. The van der Waals surface area contributed by atoms with Gasteiger partial charge in [-0.1, -0.05) is 29.8 Å². The van der Waals surface area contributed by atoms with Gasteiger partial charge in [0.15, 0.2) is 0 Å². The molecular formula is C28H28ClN7. The molecule has 0 atom stereocenters. The number of fused-ring (bicyclic) bond motifs is 2. The first-order valence-electron chi connectivity index (χ1n) is 12.2. The smallest absolute Gasteiger partial charge is 0.143 e. The fraction of sp³-hybridized carbons (Fsp3) is 0.250. The number of pyridine rings is 1. The number of hydrogen-bond acceptors (Lipinski definition) is 6. The van der Waals surface area contributed by atoms with Crippen LogP contribution in [0.2, 0.25) is 5.02 Å². The van der Waals surface area contributed by atoms with Crippen LogP contribution in [0.5, 0.6) is 0 Å². The zero-order valence-electron chi connectivity index (χ0n) is 20.3. The van der Waals surface area contributed by atoms with Gasteiger partial charge in [-0.05, 0) is 69.3 Å². The first-order valence-corrected chi connectivity index (χ1v) is 12.5. The van der Waals surface area contributed by atoms with Crippen molar-refractivity contribution in [1.29, 1.82) is 0 Å². The number of nitrogen functional groups attached to an aromatic ring is 1. The van der Waals surface area contributed by atoms with Crippen molar-refractivity contribution in [2.75, 3.05) is 31.7 Å². The fourth-order valence-corrected chi connectivity index (χ4v) is 5.45. The minimum atomic E-state index is 0.359. The molecule has 4 N–H and O–H groups in total. The molecule has 36 heavy (non-hydrogen) atoms. The van der Waals surface area contributed by atoms with E-state index in [1.807, 2.05) is 60.8 Å². The van der Waals surface area contributed by atoms with E-state index < -0.39 is 0 Å². The molecular weight excluding hydrogens is 470 g/mol. The van der Waals surface area contributed by atoms with Crippen molar-refractivity contribution in [1.82, 2.24) is 24.8 Å². The summed E-state index contributed by atoms with van der Waals surface area (Å²) in [5, 5.41) is 5.74. The number of anilines is 3. The normalized spacial score (nSPS) is 17.6. The molecule has 7 nitrogen and oxygen atoms in total. The van der Waals surface area contributed by atoms with Crippen molar-refractivity contribution in [2.24, 2.45) is 5.92 Å². The highest BCUT2D eigenvalue weighted by atomic mass is 35.5. The van der Waals surface area contributed by atoms with E-state index in [1.165, 1.54) is 0 Å². The van der Waals surface area contributed by atoms with Gasteiger partial charge in [-0.15, -0.1) is 0 Å². The summed E-state index contributed by atoms with van der Waals surface area (Å²) in [4.78, 5) is 19.9. The Morgan fingerprint density at radius 1 is 1.03 bits per heavy atom. The van der Waals surface area contributed by atoms with Crippen LogP contribution < -0.4 is 11.1 Å². The van der Waals surface area contributed by atoms with Gasteiger partial charge < -0.3 is 20.9 Å².